The van der Waals surface area contributed by atoms with Gasteiger partial charge in [0.15, 0.2) is 5.78 Å². The molecule has 0 saturated heterocycles. The van der Waals surface area contributed by atoms with E-state index in [1.807, 2.05) is 30.3 Å². The highest BCUT2D eigenvalue weighted by Crippen LogP contribution is 2.60. The van der Waals surface area contributed by atoms with Gasteiger partial charge in [-0.1, -0.05) is 30.3 Å². The molecule has 1 aromatic rings. The number of rotatable bonds is 3. The van der Waals surface area contributed by atoms with Gasteiger partial charge >= 0.3 is 0 Å². The van der Waals surface area contributed by atoms with Crippen LogP contribution in [0, 0.1) is 23.2 Å². The Morgan fingerprint density at radius 2 is 1.54 bits per heavy atom. The van der Waals surface area contributed by atoms with Gasteiger partial charge in [0.25, 0.3) is 0 Å². The molecule has 1 atom stereocenters. The first kappa shape index (κ1) is 14.4. The lowest BCUT2D eigenvalue weighted by molar-refractivity contribution is -0.154. The summed E-state index contributed by atoms with van der Waals surface area (Å²) < 4.78 is 5.87. The van der Waals surface area contributed by atoms with Crippen LogP contribution in [-0.4, -0.2) is 17.7 Å². The first-order valence-electron chi connectivity index (χ1n) is 9.15. The number of carbonyl (C=O) groups is 2. The first-order valence-corrected chi connectivity index (χ1v) is 9.15. The van der Waals surface area contributed by atoms with Crippen molar-refractivity contribution in [3.05, 3.63) is 42.0 Å². The predicted octanol–water partition coefficient (Wildman–Crippen LogP) is 3.78. The zero-order valence-corrected chi connectivity index (χ0v) is 13.7. The minimum absolute atomic E-state index is 0.0637. The molecular weight excluding hydrogens is 300 g/mol. The fourth-order valence-electron chi connectivity index (χ4n) is 6.05. The summed E-state index contributed by atoms with van der Waals surface area (Å²) in [5.74, 6) is 2.52. The summed E-state index contributed by atoms with van der Waals surface area (Å²) in [6.45, 7) is 0. The predicted molar refractivity (Wildman–Crippen MR) is 89.9 cm³/mol. The van der Waals surface area contributed by atoms with Gasteiger partial charge in [-0.3, -0.25) is 9.59 Å². The minimum Gasteiger partial charge on any atom is -0.474 e. The Balaban J connectivity index is 1.40. The van der Waals surface area contributed by atoms with Crippen LogP contribution in [0.25, 0.3) is 5.76 Å². The van der Waals surface area contributed by atoms with Crippen molar-refractivity contribution in [1.82, 2.24) is 0 Å². The number of Topliss-reactive ketones (excluding diaryl/α,β-unsaturated/α-hetero) is 1. The molecule has 1 unspecified atom stereocenters. The number of carbonyl (C=O) groups excluding carboxylic acids is 2. The number of hydrogen-bond acceptors (Lipinski definition) is 3. The van der Waals surface area contributed by atoms with Crippen LogP contribution in [0.15, 0.2) is 36.4 Å². The van der Waals surface area contributed by atoms with E-state index >= 15 is 0 Å². The fourth-order valence-corrected chi connectivity index (χ4v) is 6.05. The molecule has 0 amide bonds. The van der Waals surface area contributed by atoms with Crippen molar-refractivity contribution in [3.63, 3.8) is 0 Å². The molecule has 3 heteroatoms. The third kappa shape index (κ3) is 2.10. The molecule has 5 aliphatic rings. The fraction of sp³-hybridized carbons (Fsp3) is 0.524. The summed E-state index contributed by atoms with van der Waals surface area (Å²) in [5.41, 5.74) is 0.585. The Morgan fingerprint density at radius 1 is 0.958 bits per heavy atom. The van der Waals surface area contributed by atoms with Gasteiger partial charge < -0.3 is 4.74 Å². The molecule has 4 fully saturated rings. The van der Waals surface area contributed by atoms with Crippen molar-refractivity contribution in [1.29, 1.82) is 0 Å². The monoisotopic (exact) mass is 322 g/mol. The first-order chi connectivity index (χ1) is 11.6. The molecule has 24 heavy (non-hydrogen) atoms. The van der Waals surface area contributed by atoms with Crippen molar-refractivity contribution >= 4 is 17.3 Å². The summed E-state index contributed by atoms with van der Waals surface area (Å²) >= 11 is 0. The van der Waals surface area contributed by atoms with E-state index in [0.717, 1.165) is 24.8 Å². The quantitative estimate of drug-likeness (QED) is 0.795. The van der Waals surface area contributed by atoms with Gasteiger partial charge in [0, 0.05) is 17.1 Å². The Kier molecular flexibility index (Phi) is 3.04. The second kappa shape index (κ2) is 5.05. The molecule has 6 rings (SSSR count). The van der Waals surface area contributed by atoms with E-state index in [9.17, 15) is 9.59 Å². The molecule has 3 nitrogen and oxygen atoms in total. The molecular formula is C21H22O3. The van der Waals surface area contributed by atoms with Crippen LogP contribution in [0.5, 0.6) is 0 Å². The largest absolute Gasteiger partial charge is 0.474 e. The maximum atomic E-state index is 13.3. The molecule has 0 radical (unpaired) electrons. The minimum atomic E-state index is -0.906. The lowest BCUT2D eigenvalue weighted by Crippen LogP contribution is -2.53. The van der Waals surface area contributed by atoms with Gasteiger partial charge in [0.05, 0.1) is 0 Å². The van der Waals surface area contributed by atoms with E-state index in [-0.39, 0.29) is 17.0 Å². The molecule has 0 N–H and O–H groups in total. The Labute approximate surface area is 142 Å². The molecule has 1 aromatic carbocycles. The molecule has 4 aliphatic carbocycles. The van der Waals surface area contributed by atoms with Crippen molar-refractivity contribution in [3.8, 4) is 0 Å². The summed E-state index contributed by atoms with van der Waals surface area (Å²) in [6.07, 6.45) is 7.41. The van der Waals surface area contributed by atoms with Gasteiger partial charge in [-0.05, 0) is 56.3 Å². The van der Waals surface area contributed by atoms with Crippen LogP contribution >= 0.6 is 0 Å². The van der Waals surface area contributed by atoms with Crippen LogP contribution < -0.4 is 0 Å². The maximum Gasteiger partial charge on any atom is 0.219 e. The molecule has 1 heterocycles. The Hall–Kier alpha value is -1.90. The molecule has 4 saturated carbocycles. The van der Waals surface area contributed by atoms with Crippen LogP contribution in [0.2, 0.25) is 0 Å². The third-order valence-corrected chi connectivity index (χ3v) is 6.63. The standard InChI is InChI=1S/C21H22O3/c22-17-9-18(16-4-2-1-3-5-16)24-19(17)20(23)21-10-13-6-14(11-21)8-15(7-13)12-21/h1-5,9,13-15,19H,6-8,10-12H2. The van der Waals surface area contributed by atoms with Gasteiger partial charge in [-0.15, -0.1) is 0 Å². The lowest BCUT2D eigenvalue weighted by Gasteiger charge is -2.56. The zero-order chi connectivity index (χ0) is 16.3. The molecule has 1 aliphatic heterocycles. The van der Waals surface area contributed by atoms with Crippen LogP contribution in [0.3, 0.4) is 0 Å². The number of ketones is 2. The second-order valence-corrected chi connectivity index (χ2v) is 8.34. The highest BCUT2D eigenvalue weighted by Gasteiger charge is 2.57. The normalized spacial score (nSPS) is 39.7. The number of hydrogen-bond donors (Lipinski definition) is 0. The highest BCUT2D eigenvalue weighted by atomic mass is 16.5. The highest BCUT2D eigenvalue weighted by molar-refractivity contribution is 6.16. The van der Waals surface area contributed by atoms with Crippen LogP contribution in [0.4, 0.5) is 0 Å². The topological polar surface area (TPSA) is 43.4 Å². The van der Waals surface area contributed by atoms with Gasteiger partial charge in [0.1, 0.15) is 5.76 Å². The van der Waals surface area contributed by atoms with Crippen molar-refractivity contribution < 1.29 is 14.3 Å². The van der Waals surface area contributed by atoms with E-state index in [2.05, 4.69) is 0 Å². The average Bonchev–Trinajstić information content (AvgIpc) is 2.95. The molecule has 4 bridgehead atoms. The smallest absolute Gasteiger partial charge is 0.219 e. The Bertz CT molecular complexity index is 695. The third-order valence-electron chi connectivity index (χ3n) is 6.63. The second-order valence-electron chi connectivity index (χ2n) is 8.34. The summed E-state index contributed by atoms with van der Waals surface area (Å²) in [5, 5.41) is 0. The van der Waals surface area contributed by atoms with Gasteiger partial charge in [0.2, 0.25) is 11.9 Å². The lowest BCUT2D eigenvalue weighted by atomic mass is 9.48. The van der Waals surface area contributed by atoms with E-state index in [4.69, 9.17) is 4.74 Å². The van der Waals surface area contributed by atoms with Crippen molar-refractivity contribution in [2.75, 3.05) is 0 Å². The van der Waals surface area contributed by atoms with Crippen LogP contribution in [0.1, 0.15) is 44.1 Å². The summed E-state index contributed by atoms with van der Waals surface area (Å²) in [7, 11) is 0. The molecule has 0 aromatic heterocycles. The maximum absolute atomic E-state index is 13.3. The Morgan fingerprint density at radius 3 is 2.12 bits per heavy atom. The van der Waals surface area contributed by atoms with E-state index in [1.54, 1.807) is 0 Å². The van der Waals surface area contributed by atoms with E-state index in [1.165, 1.54) is 25.3 Å². The van der Waals surface area contributed by atoms with Gasteiger partial charge in [-0.25, -0.2) is 0 Å². The van der Waals surface area contributed by atoms with Crippen LogP contribution in [-0.2, 0) is 14.3 Å². The average molecular weight is 322 g/mol. The van der Waals surface area contributed by atoms with Crippen molar-refractivity contribution in [2.24, 2.45) is 23.2 Å². The SMILES string of the molecule is O=C1C=C(c2ccccc2)OC1C(=O)C12CC3CC(CC(C3)C1)C2. The van der Waals surface area contributed by atoms with Gasteiger partial charge in [-0.2, -0.15) is 0 Å². The van der Waals surface area contributed by atoms with E-state index < -0.39 is 6.10 Å². The van der Waals surface area contributed by atoms with Crippen molar-refractivity contribution in [2.45, 2.75) is 44.6 Å². The number of benzene rings is 1. The molecule has 124 valence electrons. The van der Waals surface area contributed by atoms with E-state index in [0.29, 0.717) is 23.5 Å². The summed E-state index contributed by atoms with van der Waals surface area (Å²) in [4.78, 5) is 25.8. The summed E-state index contributed by atoms with van der Waals surface area (Å²) in [6, 6.07) is 9.59. The molecule has 0 spiro atoms. The zero-order valence-electron chi connectivity index (χ0n) is 13.7. The number of ether oxygens (including phenoxy) is 1.